The molecule has 1 heterocycles. The molecule has 1 fully saturated rings. The van der Waals surface area contributed by atoms with E-state index < -0.39 is 0 Å². The molecule has 0 aromatic heterocycles. The Morgan fingerprint density at radius 2 is 1.92 bits per heavy atom. The van der Waals surface area contributed by atoms with Gasteiger partial charge in [0.25, 0.3) is 0 Å². The molecule has 2 aromatic carbocycles. The zero-order chi connectivity index (χ0) is 17.5. The highest BCUT2D eigenvalue weighted by atomic mass is 16.7. The van der Waals surface area contributed by atoms with Crippen LogP contribution in [-0.2, 0) is 4.74 Å². The van der Waals surface area contributed by atoms with Gasteiger partial charge in [-0.25, -0.2) is 0 Å². The molecule has 0 bridgehead atoms. The summed E-state index contributed by atoms with van der Waals surface area (Å²) < 4.78 is 16.6. The zero-order valence-electron chi connectivity index (χ0n) is 14.3. The molecular formula is C21H22O4. The van der Waals surface area contributed by atoms with Gasteiger partial charge in [-0.2, -0.15) is 0 Å². The third-order valence-electron chi connectivity index (χ3n) is 4.09. The second-order valence-electron chi connectivity index (χ2n) is 5.88. The van der Waals surface area contributed by atoms with E-state index in [0.717, 1.165) is 30.6 Å². The fourth-order valence-corrected chi connectivity index (χ4v) is 2.70. The number of hydrogen-bond acceptors (Lipinski definition) is 4. The molecule has 2 aromatic rings. The number of carbonyl (C=O) groups is 1. The average Bonchev–Trinajstić information content (AvgIpc) is 2.68. The van der Waals surface area contributed by atoms with Crippen LogP contribution in [0.1, 0.15) is 35.2 Å². The van der Waals surface area contributed by atoms with E-state index in [1.807, 2.05) is 42.5 Å². The highest BCUT2D eigenvalue weighted by Gasteiger charge is 2.18. The maximum atomic E-state index is 12.6. The first-order valence-corrected chi connectivity index (χ1v) is 8.50. The van der Waals surface area contributed by atoms with Gasteiger partial charge in [-0.15, -0.1) is 0 Å². The van der Waals surface area contributed by atoms with E-state index in [2.05, 4.69) is 0 Å². The van der Waals surface area contributed by atoms with Crippen LogP contribution in [0.4, 0.5) is 0 Å². The molecule has 4 nitrogen and oxygen atoms in total. The van der Waals surface area contributed by atoms with Crippen molar-refractivity contribution in [3.63, 3.8) is 0 Å². The number of ether oxygens (including phenoxy) is 3. The Balaban J connectivity index is 1.71. The monoisotopic (exact) mass is 338 g/mol. The second-order valence-corrected chi connectivity index (χ2v) is 5.88. The van der Waals surface area contributed by atoms with E-state index in [0.29, 0.717) is 17.9 Å². The number of carbonyl (C=O) groups excluding carboxylic acids is 1. The van der Waals surface area contributed by atoms with Gasteiger partial charge in [-0.3, -0.25) is 4.79 Å². The molecule has 3 rings (SSSR count). The number of allylic oxidation sites excluding steroid dienone is 1. The van der Waals surface area contributed by atoms with E-state index in [-0.39, 0.29) is 12.1 Å². The Hall–Kier alpha value is -2.59. The van der Waals surface area contributed by atoms with Gasteiger partial charge in [0.05, 0.1) is 19.3 Å². The Kier molecular flexibility index (Phi) is 5.86. The molecular weight excluding hydrogens is 316 g/mol. The lowest BCUT2D eigenvalue weighted by atomic mass is 10.1. The van der Waals surface area contributed by atoms with Crippen molar-refractivity contribution in [2.24, 2.45) is 0 Å². The maximum absolute atomic E-state index is 12.6. The third kappa shape index (κ3) is 4.70. The van der Waals surface area contributed by atoms with E-state index in [4.69, 9.17) is 14.2 Å². The van der Waals surface area contributed by atoms with Gasteiger partial charge in [-0.05, 0) is 48.7 Å². The van der Waals surface area contributed by atoms with Gasteiger partial charge >= 0.3 is 0 Å². The summed E-state index contributed by atoms with van der Waals surface area (Å²) >= 11 is 0. The topological polar surface area (TPSA) is 44.8 Å². The van der Waals surface area contributed by atoms with Crippen LogP contribution < -0.4 is 9.47 Å². The molecule has 0 N–H and O–H groups in total. The molecule has 1 saturated heterocycles. The number of ketones is 1. The van der Waals surface area contributed by atoms with Gasteiger partial charge in [0, 0.05) is 6.42 Å². The highest BCUT2D eigenvalue weighted by molar-refractivity contribution is 6.08. The van der Waals surface area contributed by atoms with Crippen molar-refractivity contribution in [2.75, 3.05) is 13.7 Å². The standard InChI is InChI=1S/C21H22O4/c1-23-17-12-9-16(10-13-17)11-14-19(22)18-6-2-3-7-20(18)25-21-8-4-5-15-24-21/h2-3,6-7,9-14,21H,4-5,8,15H2,1H3/b14-11+. The smallest absolute Gasteiger partial charge is 0.199 e. The lowest BCUT2D eigenvalue weighted by molar-refractivity contribution is -0.106. The van der Waals surface area contributed by atoms with Crippen molar-refractivity contribution in [1.82, 2.24) is 0 Å². The summed E-state index contributed by atoms with van der Waals surface area (Å²) in [5.74, 6) is 1.26. The molecule has 1 aliphatic rings. The molecule has 0 radical (unpaired) electrons. The van der Waals surface area contributed by atoms with Crippen molar-refractivity contribution >= 4 is 11.9 Å². The normalized spacial score (nSPS) is 17.4. The first-order chi connectivity index (χ1) is 12.3. The zero-order valence-corrected chi connectivity index (χ0v) is 14.3. The van der Waals surface area contributed by atoms with Crippen molar-refractivity contribution in [1.29, 1.82) is 0 Å². The summed E-state index contributed by atoms with van der Waals surface area (Å²) in [6.07, 6.45) is 6.07. The van der Waals surface area contributed by atoms with Crippen LogP contribution in [0.15, 0.2) is 54.6 Å². The molecule has 0 aliphatic carbocycles. The first kappa shape index (κ1) is 17.2. The van der Waals surface area contributed by atoms with Crippen molar-refractivity contribution in [2.45, 2.75) is 25.6 Å². The second kappa shape index (κ2) is 8.49. The molecule has 1 aliphatic heterocycles. The third-order valence-corrected chi connectivity index (χ3v) is 4.09. The van der Waals surface area contributed by atoms with E-state index in [1.54, 1.807) is 25.3 Å². The molecule has 0 spiro atoms. The summed E-state index contributed by atoms with van der Waals surface area (Å²) in [6.45, 7) is 0.707. The Morgan fingerprint density at radius 3 is 2.64 bits per heavy atom. The Labute approximate surface area is 148 Å². The minimum absolute atomic E-state index is 0.0952. The predicted octanol–water partition coefficient (Wildman–Crippen LogP) is 4.50. The summed E-state index contributed by atoms with van der Waals surface area (Å²) in [7, 11) is 1.63. The van der Waals surface area contributed by atoms with E-state index >= 15 is 0 Å². The van der Waals surface area contributed by atoms with Crippen LogP contribution in [0.2, 0.25) is 0 Å². The fourth-order valence-electron chi connectivity index (χ4n) is 2.70. The van der Waals surface area contributed by atoms with Gasteiger partial charge in [0.15, 0.2) is 12.1 Å². The van der Waals surface area contributed by atoms with E-state index in [9.17, 15) is 4.79 Å². The SMILES string of the molecule is COc1ccc(/C=C/C(=O)c2ccccc2OC2CCCCO2)cc1. The van der Waals surface area contributed by atoms with Gasteiger partial charge < -0.3 is 14.2 Å². The lowest BCUT2D eigenvalue weighted by Gasteiger charge is -2.24. The van der Waals surface area contributed by atoms with Crippen LogP contribution in [-0.4, -0.2) is 25.8 Å². The van der Waals surface area contributed by atoms with Crippen LogP contribution in [0.25, 0.3) is 6.08 Å². The minimum Gasteiger partial charge on any atom is -0.497 e. The van der Waals surface area contributed by atoms with E-state index in [1.165, 1.54) is 0 Å². The van der Waals surface area contributed by atoms with Crippen LogP contribution in [0, 0.1) is 0 Å². The van der Waals surface area contributed by atoms with Crippen molar-refractivity contribution in [3.05, 3.63) is 65.7 Å². The van der Waals surface area contributed by atoms with Crippen LogP contribution >= 0.6 is 0 Å². The van der Waals surface area contributed by atoms with Crippen LogP contribution in [0.5, 0.6) is 11.5 Å². The summed E-state index contributed by atoms with van der Waals surface area (Å²) in [5, 5.41) is 0. The molecule has 4 heteroatoms. The Bertz CT molecular complexity index is 728. The van der Waals surface area contributed by atoms with Crippen LogP contribution in [0.3, 0.4) is 0 Å². The van der Waals surface area contributed by atoms with Crippen molar-refractivity contribution < 1.29 is 19.0 Å². The maximum Gasteiger partial charge on any atom is 0.199 e. The largest absolute Gasteiger partial charge is 0.497 e. The Morgan fingerprint density at radius 1 is 1.12 bits per heavy atom. The average molecular weight is 338 g/mol. The number of para-hydroxylation sites is 1. The molecule has 1 unspecified atom stereocenters. The lowest BCUT2D eigenvalue weighted by Crippen LogP contribution is -2.25. The molecule has 25 heavy (non-hydrogen) atoms. The summed E-state index contributed by atoms with van der Waals surface area (Å²) in [4.78, 5) is 12.6. The summed E-state index contributed by atoms with van der Waals surface area (Å²) in [6, 6.07) is 14.8. The number of methoxy groups -OCH3 is 1. The first-order valence-electron chi connectivity index (χ1n) is 8.50. The molecule has 0 saturated carbocycles. The predicted molar refractivity (Wildman–Crippen MR) is 97.0 cm³/mol. The number of hydrogen-bond donors (Lipinski definition) is 0. The van der Waals surface area contributed by atoms with Gasteiger partial charge in [0.2, 0.25) is 0 Å². The van der Waals surface area contributed by atoms with Gasteiger partial charge in [-0.1, -0.05) is 30.3 Å². The van der Waals surface area contributed by atoms with Crippen molar-refractivity contribution in [3.8, 4) is 11.5 Å². The summed E-state index contributed by atoms with van der Waals surface area (Å²) in [5.41, 5.74) is 1.48. The van der Waals surface area contributed by atoms with Gasteiger partial charge in [0.1, 0.15) is 11.5 Å². The number of rotatable bonds is 6. The number of benzene rings is 2. The minimum atomic E-state index is -0.270. The highest BCUT2D eigenvalue weighted by Crippen LogP contribution is 2.24. The molecule has 130 valence electrons. The molecule has 1 atom stereocenters. The molecule has 0 amide bonds. The quantitative estimate of drug-likeness (QED) is 0.575. The fraction of sp³-hybridized carbons (Fsp3) is 0.286.